The molecule has 1 N–H and O–H groups in total. The lowest BCUT2D eigenvalue weighted by atomic mass is 10.2. The maximum absolute atomic E-state index is 12.8. The van der Waals surface area contributed by atoms with Crippen LogP contribution in [0.25, 0.3) is 11.3 Å². The molecule has 1 heterocycles. The van der Waals surface area contributed by atoms with Gasteiger partial charge < -0.3 is 9.88 Å². The summed E-state index contributed by atoms with van der Waals surface area (Å²) < 4.78 is 28.1. The van der Waals surface area contributed by atoms with Gasteiger partial charge in [0.2, 0.25) is 15.9 Å². The van der Waals surface area contributed by atoms with Gasteiger partial charge in [0.25, 0.3) is 0 Å². The molecule has 1 amide bonds. The number of nitrogens with one attached hydrogen (secondary N) is 1. The molecule has 3 aromatic rings. The number of anilines is 1. The number of amides is 1. The molecular formula is C22H25ClN4O3S2. The van der Waals surface area contributed by atoms with Crippen LogP contribution < -0.4 is 5.32 Å². The van der Waals surface area contributed by atoms with Crippen LogP contribution in [0.3, 0.4) is 0 Å². The molecule has 0 aliphatic rings. The zero-order chi connectivity index (χ0) is 23.5. The first-order valence-electron chi connectivity index (χ1n) is 9.95. The Hall–Kier alpha value is -2.33. The summed E-state index contributed by atoms with van der Waals surface area (Å²) in [4.78, 5) is 17.3. The average Bonchev–Trinajstić information content (AvgIpc) is 3.17. The Bertz CT molecular complexity index is 1210. The number of thioether (sulfide) groups is 1. The number of rotatable bonds is 8. The molecule has 0 aliphatic carbocycles. The Morgan fingerprint density at radius 1 is 1.22 bits per heavy atom. The van der Waals surface area contributed by atoms with E-state index < -0.39 is 15.3 Å². The van der Waals surface area contributed by atoms with Crippen LogP contribution in [-0.4, -0.2) is 47.5 Å². The molecule has 1 aromatic heterocycles. The molecular weight excluding hydrogens is 468 g/mol. The van der Waals surface area contributed by atoms with Crippen LogP contribution in [0.5, 0.6) is 0 Å². The van der Waals surface area contributed by atoms with Gasteiger partial charge >= 0.3 is 0 Å². The Kier molecular flexibility index (Phi) is 7.66. The predicted octanol–water partition coefficient (Wildman–Crippen LogP) is 4.59. The Morgan fingerprint density at radius 2 is 1.91 bits per heavy atom. The number of nitrogens with zero attached hydrogens (tertiary/aromatic N) is 3. The second kappa shape index (κ2) is 10.1. The number of carbonyl (C=O) groups is 1. The molecule has 0 saturated heterocycles. The lowest BCUT2D eigenvalue weighted by molar-refractivity contribution is -0.115. The van der Waals surface area contributed by atoms with Gasteiger partial charge in [0.1, 0.15) is 4.90 Å². The molecule has 3 rings (SSSR count). The number of sulfonamides is 1. The van der Waals surface area contributed by atoms with Gasteiger partial charge in [0.15, 0.2) is 5.16 Å². The van der Waals surface area contributed by atoms with Crippen molar-refractivity contribution in [3.05, 3.63) is 59.8 Å². The van der Waals surface area contributed by atoms with Gasteiger partial charge in [0, 0.05) is 26.3 Å². The van der Waals surface area contributed by atoms with Crippen molar-refractivity contribution in [2.24, 2.45) is 0 Å². The smallest absolute Gasteiger partial charge is 0.244 e. The number of halogens is 1. The fourth-order valence-electron chi connectivity index (χ4n) is 3.03. The quantitative estimate of drug-likeness (QED) is 0.465. The summed E-state index contributed by atoms with van der Waals surface area (Å²) in [5.74, 6) is -0.266. The largest absolute Gasteiger partial charge is 0.325 e. The van der Waals surface area contributed by atoms with Crippen LogP contribution in [0.4, 0.5) is 5.69 Å². The minimum absolute atomic E-state index is 0.0590. The molecule has 0 aliphatic heterocycles. The average molecular weight is 493 g/mol. The maximum atomic E-state index is 12.8. The second-order valence-corrected chi connectivity index (χ2v) is 11.1. The van der Waals surface area contributed by atoms with E-state index in [0.717, 1.165) is 20.7 Å². The normalized spacial score (nSPS) is 12.7. The molecule has 1 atom stereocenters. The predicted molar refractivity (Wildman–Crippen MR) is 130 cm³/mol. The van der Waals surface area contributed by atoms with Crippen LogP contribution in [0.1, 0.15) is 13.8 Å². The summed E-state index contributed by atoms with van der Waals surface area (Å²) in [6, 6.07) is 14.4. The fraction of sp³-hybridized carbons (Fsp3) is 0.273. The van der Waals surface area contributed by atoms with E-state index in [-0.39, 0.29) is 15.8 Å². The number of aromatic nitrogens is 2. The second-order valence-electron chi connectivity index (χ2n) is 7.22. The van der Waals surface area contributed by atoms with Gasteiger partial charge in [0.05, 0.1) is 22.2 Å². The molecule has 1 unspecified atom stereocenters. The molecule has 10 heteroatoms. The van der Waals surface area contributed by atoms with Gasteiger partial charge in [-0.3, -0.25) is 4.79 Å². The number of benzene rings is 2. The SMILES string of the molecule is CCn1c(-c2ccccc2)cnc1SC(C)C(=O)Nc1ccc(Cl)c(S(=O)(=O)N(C)C)c1. The minimum Gasteiger partial charge on any atom is -0.325 e. The molecule has 0 radical (unpaired) electrons. The summed E-state index contributed by atoms with van der Waals surface area (Å²) in [6.07, 6.45) is 1.81. The highest BCUT2D eigenvalue weighted by atomic mass is 35.5. The van der Waals surface area contributed by atoms with Crippen LogP contribution in [0.15, 0.2) is 64.8 Å². The van der Waals surface area contributed by atoms with Crippen molar-refractivity contribution < 1.29 is 13.2 Å². The highest BCUT2D eigenvalue weighted by Crippen LogP contribution is 2.30. The number of hydrogen-bond donors (Lipinski definition) is 1. The molecule has 0 spiro atoms. The minimum atomic E-state index is -3.74. The summed E-state index contributed by atoms with van der Waals surface area (Å²) in [6.45, 7) is 4.53. The van der Waals surface area contributed by atoms with Crippen molar-refractivity contribution in [1.82, 2.24) is 13.9 Å². The Balaban J connectivity index is 1.77. The molecule has 32 heavy (non-hydrogen) atoms. The lowest BCUT2D eigenvalue weighted by Crippen LogP contribution is -2.24. The topological polar surface area (TPSA) is 84.3 Å². The lowest BCUT2D eigenvalue weighted by Gasteiger charge is -2.16. The summed E-state index contributed by atoms with van der Waals surface area (Å²) >= 11 is 7.43. The summed E-state index contributed by atoms with van der Waals surface area (Å²) in [5, 5.41) is 3.15. The van der Waals surface area contributed by atoms with Gasteiger partial charge in [-0.05, 0) is 37.6 Å². The first-order valence-corrected chi connectivity index (χ1v) is 12.7. The number of carbonyl (C=O) groups excluding carboxylic acids is 1. The number of hydrogen-bond acceptors (Lipinski definition) is 5. The monoisotopic (exact) mass is 492 g/mol. The molecule has 170 valence electrons. The zero-order valence-corrected chi connectivity index (χ0v) is 20.6. The van der Waals surface area contributed by atoms with E-state index in [9.17, 15) is 13.2 Å². The third-order valence-electron chi connectivity index (χ3n) is 4.81. The fourth-order valence-corrected chi connectivity index (χ4v) is 5.37. The van der Waals surface area contributed by atoms with E-state index in [1.807, 2.05) is 43.5 Å². The van der Waals surface area contributed by atoms with E-state index in [0.29, 0.717) is 12.2 Å². The summed E-state index contributed by atoms with van der Waals surface area (Å²) in [7, 11) is -0.884. The van der Waals surface area contributed by atoms with Crippen molar-refractivity contribution in [3.63, 3.8) is 0 Å². The standard InChI is InChI=1S/C22H25ClN4O3S2/c1-5-27-19(16-9-7-6-8-10-16)14-24-22(27)31-15(2)21(28)25-17-11-12-18(23)20(13-17)32(29,30)26(3)4/h6-15H,5H2,1-4H3,(H,25,28). The van der Waals surface area contributed by atoms with Gasteiger partial charge in [-0.1, -0.05) is 53.7 Å². The first kappa shape index (κ1) is 24.3. The van der Waals surface area contributed by atoms with E-state index in [1.165, 1.54) is 38.0 Å². The molecule has 2 aromatic carbocycles. The van der Waals surface area contributed by atoms with E-state index in [1.54, 1.807) is 13.0 Å². The van der Waals surface area contributed by atoms with Gasteiger partial charge in [-0.2, -0.15) is 0 Å². The third kappa shape index (κ3) is 5.17. The highest BCUT2D eigenvalue weighted by Gasteiger charge is 2.23. The van der Waals surface area contributed by atoms with Crippen LogP contribution in [0, 0.1) is 0 Å². The maximum Gasteiger partial charge on any atom is 0.244 e. The Labute approximate surface area is 197 Å². The zero-order valence-electron chi connectivity index (χ0n) is 18.2. The summed E-state index contributed by atoms with van der Waals surface area (Å²) in [5.41, 5.74) is 2.40. The van der Waals surface area contributed by atoms with Crippen molar-refractivity contribution in [2.75, 3.05) is 19.4 Å². The molecule has 7 nitrogen and oxygen atoms in total. The Morgan fingerprint density at radius 3 is 2.53 bits per heavy atom. The van der Waals surface area contributed by atoms with Gasteiger partial charge in [-0.25, -0.2) is 17.7 Å². The van der Waals surface area contributed by atoms with Crippen molar-refractivity contribution >= 4 is 45.0 Å². The van der Waals surface area contributed by atoms with E-state index >= 15 is 0 Å². The highest BCUT2D eigenvalue weighted by molar-refractivity contribution is 8.00. The van der Waals surface area contributed by atoms with Gasteiger partial charge in [-0.15, -0.1) is 0 Å². The van der Waals surface area contributed by atoms with E-state index in [4.69, 9.17) is 11.6 Å². The molecule has 0 bridgehead atoms. The van der Waals surface area contributed by atoms with Crippen LogP contribution in [0.2, 0.25) is 5.02 Å². The van der Waals surface area contributed by atoms with Crippen molar-refractivity contribution in [2.45, 2.75) is 35.7 Å². The third-order valence-corrected chi connectivity index (χ3v) is 8.21. The van der Waals surface area contributed by atoms with Crippen LogP contribution >= 0.6 is 23.4 Å². The number of imidazole rings is 1. The van der Waals surface area contributed by atoms with E-state index in [2.05, 4.69) is 14.9 Å². The van der Waals surface area contributed by atoms with Crippen molar-refractivity contribution in [3.8, 4) is 11.3 Å². The molecule has 0 fully saturated rings. The van der Waals surface area contributed by atoms with Crippen molar-refractivity contribution in [1.29, 1.82) is 0 Å². The molecule has 0 saturated carbocycles. The van der Waals surface area contributed by atoms with Crippen LogP contribution in [-0.2, 0) is 21.4 Å². The first-order chi connectivity index (χ1) is 15.1.